The van der Waals surface area contributed by atoms with Gasteiger partial charge in [0.25, 0.3) is 5.91 Å². The minimum absolute atomic E-state index is 0.0545. The van der Waals surface area contributed by atoms with Gasteiger partial charge >= 0.3 is 11.9 Å². The molecule has 0 spiro atoms. The van der Waals surface area contributed by atoms with Crippen LogP contribution in [0.4, 0.5) is 11.4 Å². The Hall–Kier alpha value is -3.93. The maximum absolute atomic E-state index is 13.2. The third-order valence-electron chi connectivity index (χ3n) is 5.26. The van der Waals surface area contributed by atoms with Gasteiger partial charge < -0.3 is 9.47 Å². The smallest absolute Gasteiger partial charge is 0.339 e. The van der Waals surface area contributed by atoms with Crippen molar-refractivity contribution in [3.63, 3.8) is 0 Å². The van der Waals surface area contributed by atoms with Crippen LogP contribution in [-0.4, -0.2) is 31.6 Å². The molecule has 31 heavy (non-hydrogen) atoms. The summed E-state index contributed by atoms with van der Waals surface area (Å²) in [5.74, 6) is -1.77. The first kappa shape index (κ1) is 20.3. The van der Waals surface area contributed by atoms with Crippen molar-refractivity contribution in [3.8, 4) is 0 Å². The molecule has 6 nitrogen and oxygen atoms in total. The molecule has 0 bridgehead atoms. The van der Waals surface area contributed by atoms with E-state index in [2.05, 4.69) is 0 Å². The lowest BCUT2D eigenvalue weighted by Gasteiger charge is -2.24. The molecule has 1 aliphatic heterocycles. The van der Waals surface area contributed by atoms with Crippen LogP contribution >= 0.6 is 0 Å². The Labute approximate surface area is 180 Å². The van der Waals surface area contributed by atoms with Crippen molar-refractivity contribution < 1.29 is 23.9 Å². The van der Waals surface area contributed by atoms with Crippen molar-refractivity contribution in [1.82, 2.24) is 0 Å². The van der Waals surface area contributed by atoms with Crippen molar-refractivity contribution in [1.29, 1.82) is 0 Å². The summed E-state index contributed by atoms with van der Waals surface area (Å²) in [6, 6.07) is 21.6. The Morgan fingerprint density at radius 1 is 0.742 bits per heavy atom. The predicted octanol–water partition coefficient (Wildman–Crippen LogP) is 4.09. The van der Waals surface area contributed by atoms with Gasteiger partial charge in [0.05, 0.1) is 29.6 Å². The number of rotatable bonds is 4. The molecule has 0 fully saturated rings. The zero-order chi connectivity index (χ0) is 21.8. The SMILES string of the molecule is COC(=O)c1ccccc1C(=O)OCC(=O)N1c2ccccc2CCc2ccccc21. The van der Waals surface area contributed by atoms with E-state index in [9.17, 15) is 14.4 Å². The lowest BCUT2D eigenvalue weighted by molar-refractivity contribution is -0.120. The van der Waals surface area contributed by atoms with Gasteiger partial charge in [-0.3, -0.25) is 9.69 Å². The molecule has 4 rings (SSSR count). The second-order valence-corrected chi connectivity index (χ2v) is 7.10. The summed E-state index contributed by atoms with van der Waals surface area (Å²) >= 11 is 0. The van der Waals surface area contributed by atoms with E-state index in [1.54, 1.807) is 17.0 Å². The number of amides is 1. The molecular formula is C25H21NO5. The molecule has 1 heterocycles. The summed E-state index contributed by atoms with van der Waals surface area (Å²) in [6.07, 6.45) is 1.62. The molecular weight excluding hydrogens is 394 g/mol. The average molecular weight is 415 g/mol. The van der Waals surface area contributed by atoms with Gasteiger partial charge in [0.2, 0.25) is 0 Å². The Bertz CT molecular complexity index is 1110. The lowest BCUT2D eigenvalue weighted by atomic mass is 10.0. The molecule has 156 valence electrons. The monoisotopic (exact) mass is 415 g/mol. The van der Waals surface area contributed by atoms with Crippen molar-refractivity contribution in [2.24, 2.45) is 0 Å². The van der Waals surface area contributed by atoms with Crippen LogP contribution in [0.1, 0.15) is 31.8 Å². The molecule has 0 radical (unpaired) electrons. The van der Waals surface area contributed by atoms with E-state index in [4.69, 9.17) is 9.47 Å². The number of hydrogen-bond acceptors (Lipinski definition) is 5. The van der Waals surface area contributed by atoms with Gasteiger partial charge in [0.15, 0.2) is 6.61 Å². The van der Waals surface area contributed by atoms with Gasteiger partial charge in [0.1, 0.15) is 0 Å². The molecule has 1 amide bonds. The quantitative estimate of drug-likeness (QED) is 0.600. The molecule has 0 aliphatic carbocycles. The zero-order valence-electron chi connectivity index (χ0n) is 17.0. The number of aryl methyl sites for hydroxylation is 2. The van der Waals surface area contributed by atoms with Gasteiger partial charge in [-0.2, -0.15) is 0 Å². The van der Waals surface area contributed by atoms with Gasteiger partial charge in [-0.1, -0.05) is 48.5 Å². The van der Waals surface area contributed by atoms with Crippen LogP contribution in [0.25, 0.3) is 0 Å². The molecule has 3 aromatic carbocycles. The number of hydrogen-bond donors (Lipinski definition) is 0. The second kappa shape index (κ2) is 8.83. The largest absolute Gasteiger partial charge is 0.465 e. The molecule has 0 atom stereocenters. The second-order valence-electron chi connectivity index (χ2n) is 7.10. The van der Waals surface area contributed by atoms with E-state index in [1.165, 1.54) is 19.2 Å². The Balaban J connectivity index is 1.60. The molecule has 0 saturated heterocycles. The van der Waals surface area contributed by atoms with Gasteiger partial charge in [-0.15, -0.1) is 0 Å². The summed E-state index contributed by atoms with van der Waals surface area (Å²) in [5, 5.41) is 0. The summed E-state index contributed by atoms with van der Waals surface area (Å²) in [7, 11) is 1.24. The summed E-state index contributed by atoms with van der Waals surface area (Å²) in [5.41, 5.74) is 3.81. The van der Waals surface area contributed by atoms with Crippen LogP contribution in [0.5, 0.6) is 0 Å². The number of carbonyl (C=O) groups excluding carboxylic acids is 3. The number of fused-ring (bicyclic) bond motifs is 2. The first-order valence-electron chi connectivity index (χ1n) is 9.93. The summed E-state index contributed by atoms with van der Waals surface area (Å²) < 4.78 is 10.0. The van der Waals surface area contributed by atoms with E-state index in [0.29, 0.717) is 0 Å². The number of esters is 2. The Kier molecular flexibility index (Phi) is 5.80. The maximum Gasteiger partial charge on any atom is 0.339 e. The van der Waals surface area contributed by atoms with Crippen LogP contribution in [0.15, 0.2) is 72.8 Å². The fourth-order valence-corrected chi connectivity index (χ4v) is 3.77. The fourth-order valence-electron chi connectivity index (χ4n) is 3.77. The van der Waals surface area contributed by atoms with Crippen molar-refractivity contribution in [2.45, 2.75) is 12.8 Å². The molecule has 0 saturated carbocycles. The highest BCUT2D eigenvalue weighted by Crippen LogP contribution is 2.36. The predicted molar refractivity (Wildman–Crippen MR) is 116 cm³/mol. The van der Waals surface area contributed by atoms with Crippen LogP contribution in [0.2, 0.25) is 0 Å². The minimum atomic E-state index is -0.759. The van der Waals surface area contributed by atoms with Crippen LogP contribution in [0.3, 0.4) is 0 Å². The lowest BCUT2D eigenvalue weighted by Crippen LogP contribution is -2.31. The van der Waals surface area contributed by atoms with Crippen molar-refractivity contribution in [2.75, 3.05) is 18.6 Å². The standard InChI is InChI=1S/C25H21NO5/c1-30-24(28)19-10-4-5-11-20(19)25(29)31-16-23(27)26-21-12-6-2-8-17(21)14-15-18-9-3-7-13-22(18)26/h2-13H,14-16H2,1H3. The Morgan fingerprint density at radius 2 is 1.23 bits per heavy atom. The number of para-hydroxylation sites is 2. The van der Waals surface area contributed by atoms with E-state index in [-0.39, 0.29) is 17.0 Å². The normalized spacial score (nSPS) is 12.2. The average Bonchev–Trinajstić information content (AvgIpc) is 2.98. The van der Waals surface area contributed by atoms with Crippen molar-refractivity contribution >= 4 is 29.2 Å². The molecule has 0 unspecified atom stereocenters. The third-order valence-corrected chi connectivity index (χ3v) is 5.26. The zero-order valence-corrected chi connectivity index (χ0v) is 17.0. The number of benzene rings is 3. The topological polar surface area (TPSA) is 72.9 Å². The fraction of sp³-hybridized carbons (Fsp3) is 0.160. The molecule has 0 aromatic heterocycles. The highest BCUT2D eigenvalue weighted by Gasteiger charge is 2.27. The van der Waals surface area contributed by atoms with Gasteiger partial charge in [0, 0.05) is 0 Å². The summed E-state index contributed by atoms with van der Waals surface area (Å²) in [4.78, 5) is 39.4. The number of methoxy groups -OCH3 is 1. The minimum Gasteiger partial charge on any atom is -0.465 e. The highest BCUT2D eigenvalue weighted by atomic mass is 16.5. The number of ether oxygens (including phenoxy) is 2. The molecule has 6 heteroatoms. The highest BCUT2D eigenvalue weighted by molar-refractivity contribution is 6.06. The van der Waals surface area contributed by atoms with Crippen molar-refractivity contribution in [3.05, 3.63) is 95.1 Å². The van der Waals surface area contributed by atoms with E-state index in [1.807, 2.05) is 48.5 Å². The first-order valence-corrected chi connectivity index (χ1v) is 9.93. The summed E-state index contributed by atoms with van der Waals surface area (Å²) in [6.45, 7) is -0.461. The molecule has 3 aromatic rings. The van der Waals surface area contributed by atoms with Crippen LogP contribution < -0.4 is 4.90 Å². The number of nitrogens with zero attached hydrogens (tertiary/aromatic N) is 1. The van der Waals surface area contributed by atoms with E-state index in [0.717, 1.165) is 35.3 Å². The van der Waals surface area contributed by atoms with E-state index >= 15 is 0 Å². The van der Waals surface area contributed by atoms with Gasteiger partial charge in [-0.25, -0.2) is 9.59 Å². The van der Waals surface area contributed by atoms with Crippen LogP contribution in [0, 0.1) is 0 Å². The Morgan fingerprint density at radius 3 is 1.77 bits per heavy atom. The first-order chi connectivity index (χ1) is 15.1. The maximum atomic E-state index is 13.2. The molecule has 0 N–H and O–H groups in total. The van der Waals surface area contributed by atoms with E-state index < -0.39 is 18.5 Å². The molecule has 1 aliphatic rings. The third kappa shape index (κ3) is 4.05. The van der Waals surface area contributed by atoms with Crippen LogP contribution in [-0.2, 0) is 27.1 Å². The van der Waals surface area contributed by atoms with Gasteiger partial charge in [-0.05, 0) is 48.2 Å². The number of carbonyl (C=O) groups is 3. The number of anilines is 2.